The van der Waals surface area contributed by atoms with E-state index in [2.05, 4.69) is 60.1 Å². The Balaban J connectivity index is 1.20. The lowest BCUT2D eigenvalue weighted by Crippen LogP contribution is -2.53. The molecule has 274 valence electrons. The highest BCUT2D eigenvalue weighted by atomic mass is 35.5. The van der Waals surface area contributed by atoms with Crippen LogP contribution in [0.4, 0.5) is 10.5 Å². The molecule has 0 saturated carbocycles. The van der Waals surface area contributed by atoms with E-state index in [1.807, 2.05) is 63.2 Å². The Hall–Kier alpha value is -4.82. The van der Waals surface area contributed by atoms with E-state index in [4.69, 9.17) is 20.8 Å². The number of nitriles is 1. The van der Waals surface area contributed by atoms with E-state index < -0.39 is 5.60 Å². The molecule has 1 aliphatic rings. The van der Waals surface area contributed by atoms with Crippen LogP contribution in [0.15, 0.2) is 83.3 Å². The Labute approximate surface area is 312 Å². The Morgan fingerprint density at radius 3 is 2.33 bits per heavy atom. The Morgan fingerprint density at radius 2 is 1.65 bits per heavy atom. The number of carbonyl (C=O) groups excluding carboxylic acids is 2. The maximum atomic E-state index is 13.1. The van der Waals surface area contributed by atoms with Crippen molar-refractivity contribution < 1.29 is 18.7 Å². The average Bonchev–Trinajstić information content (AvgIpc) is 3.60. The summed E-state index contributed by atoms with van der Waals surface area (Å²) >= 11 is 6.73. The summed E-state index contributed by atoms with van der Waals surface area (Å²) in [7, 11) is 0. The number of anilines is 1. The van der Waals surface area contributed by atoms with Gasteiger partial charge in [-0.2, -0.15) is 5.26 Å². The van der Waals surface area contributed by atoms with Gasteiger partial charge in [0.25, 0.3) is 0 Å². The summed E-state index contributed by atoms with van der Waals surface area (Å²) in [4.78, 5) is 29.0. The van der Waals surface area contributed by atoms with Crippen molar-refractivity contribution in [3.8, 4) is 17.4 Å². The van der Waals surface area contributed by atoms with Gasteiger partial charge < -0.3 is 34.9 Å². The second-order valence-electron chi connectivity index (χ2n) is 14.3. The number of ether oxygens (including phenoxy) is 1. The fourth-order valence-corrected chi connectivity index (χ4v) is 6.14. The number of aryl methyl sites for hydroxylation is 1. The molecule has 1 aliphatic heterocycles. The second kappa shape index (κ2) is 17.6. The third-order valence-corrected chi connectivity index (χ3v) is 9.28. The Morgan fingerprint density at radius 1 is 0.962 bits per heavy atom. The molecule has 0 unspecified atom stereocenters. The Kier molecular flexibility index (Phi) is 13.0. The van der Waals surface area contributed by atoms with Crippen molar-refractivity contribution in [3.05, 3.63) is 112 Å². The van der Waals surface area contributed by atoms with Gasteiger partial charge in [0.05, 0.1) is 35.4 Å². The molecule has 52 heavy (non-hydrogen) atoms. The van der Waals surface area contributed by atoms with Crippen molar-refractivity contribution in [1.29, 1.82) is 5.26 Å². The van der Waals surface area contributed by atoms with Crippen LogP contribution in [-0.2, 0) is 22.5 Å². The molecule has 3 aromatic carbocycles. The minimum Gasteiger partial charge on any atom is -0.460 e. The maximum Gasteiger partial charge on any atom is 0.410 e. The summed E-state index contributed by atoms with van der Waals surface area (Å²) in [6, 6.07) is 27.9. The highest BCUT2D eigenvalue weighted by molar-refractivity contribution is 6.33. The molecule has 2 amide bonds. The molecule has 0 bridgehead atoms. The van der Waals surface area contributed by atoms with Crippen LogP contribution in [0.3, 0.4) is 0 Å². The number of nitrogens with one attached hydrogen (secondary N) is 3. The zero-order valence-electron chi connectivity index (χ0n) is 30.7. The van der Waals surface area contributed by atoms with Crippen LogP contribution in [0.25, 0.3) is 11.3 Å². The van der Waals surface area contributed by atoms with Crippen LogP contribution < -0.4 is 16.0 Å². The highest BCUT2D eigenvalue weighted by Gasteiger charge is 2.27. The number of furan rings is 1. The summed E-state index contributed by atoms with van der Waals surface area (Å²) in [5.41, 5.74) is 5.15. The quantitative estimate of drug-likeness (QED) is 0.131. The Bertz CT molecular complexity index is 1840. The first-order chi connectivity index (χ1) is 24.9. The van der Waals surface area contributed by atoms with Crippen molar-refractivity contribution in [2.75, 3.05) is 44.6 Å². The number of carbonyl (C=O) groups is 2. The van der Waals surface area contributed by atoms with Crippen LogP contribution >= 0.6 is 11.6 Å². The van der Waals surface area contributed by atoms with Gasteiger partial charge in [0.15, 0.2) is 0 Å². The van der Waals surface area contributed by atoms with E-state index in [1.54, 1.807) is 21.9 Å². The van der Waals surface area contributed by atoms with Crippen LogP contribution in [0, 0.1) is 18.3 Å². The normalized spacial score (nSPS) is 14.4. The van der Waals surface area contributed by atoms with Gasteiger partial charge >= 0.3 is 6.09 Å². The molecule has 10 nitrogen and oxygen atoms in total. The van der Waals surface area contributed by atoms with E-state index >= 15 is 0 Å². The van der Waals surface area contributed by atoms with Crippen LogP contribution in [0.1, 0.15) is 61.8 Å². The molecule has 0 spiro atoms. The summed E-state index contributed by atoms with van der Waals surface area (Å²) in [6.45, 7) is 12.7. The molecule has 0 aliphatic carbocycles. The number of rotatable bonds is 13. The lowest BCUT2D eigenvalue weighted by molar-refractivity contribution is -0.132. The monoisotopic (exact) mass is 724 g/mol. The van der Waals surface area contributed by atoms with E-state index in [0.717, 1.165) is 28.3 Å². The van der Waals surface area contributed by atoms with Gasteiger partial charge in [-0.05, 0) is 94.6 Å². The lowest BCUT2D eigenvalue weighted by Gasteiger charge is -2.35. The van der Waals surface area contributed by atoms with E-state index in [-0.39, 0.29) is 30.6 Å². The first kappa shape index (κ1) is 38.4. The largest absolute Gasteiger partial charge is 0.460 e. The predicted octanol–water partition coefficient (Wildman–Crippen LogP) is 7.32. The maximum absolute atomic E-state index is 13.1. The smallest absolute Gasteiger partial charge is 0.410 e. The molecule has 1 saturated heterocycles. The summed E-state index contributed by atoms with van der Waals surface area (Å²) < 4.78 is 11.7. The third-order valence-electron chi connectivity index (χ3n) is 8.95. The van der Waals surface area contributed by atoms with Crippen LogP contribution in [0.5, 0.6) is 0 Å². The average molecular weight is 725 g/mol. The van der Waals surface area contributed by atoms with Crippen molar-refractivity contribution >= 4 is 29.3 Å². The number of benzene rings is 3. The van der Waals surface area contributed by atoms with Gasteiger partial charge in [-0.25, -0.2) is 4.79 Å². The molecule has 11 heteroatoms. The number of hydrogen-bond acceptors (Lipinski definition) is 8. The summed E-state index contributed by atoms with van der Waals surface area (Å²) in [5.74, 6) is 1.54. The lowest BCUT2D eigenvalue weighted by atomic mass is 10.0. The summed E-state index contributed by atoms with van der Waals surface area (Å²) in [5, 5.41) is 20.3. The fraction of sp³-hybridized carbons (Fsp3) is 0.390. The van der Waals surface area contributed by atoms with Gasteiger partial charge in [0.1, 0.15) is 17.1 Å². The molecule has 1 fully saturated rings. The number of piperazine rings is 1. The second-order valence-corrected chi connectivity index (χ2v) is 14.7. The molecule has 0 radical (unpaired) electrons. The first-order valence-corrected chi connectivity index (χ1v) is 18.2. The van der Waals surface area contributed by atoms with Crippen molar-refractivity contribution in [2.45, 2.75) is 65.3 Å². The van der Waals surface area contributed by atoms with E-state index in [0.29, 0.717) is 56.3 Å². The predicted molar refractivity (Wildman–Crippen MR) is 205 cm³/mol. The number of amides is 2. The standard InChI is InChI=1S/C41H49ClN6O4/c1-28-6-12-32(13-7-28)29(2)45-26-35-15-17-38(51-35)33-14-16-36(42)37(23-33)46-34(22-30-8-10-31(24-43)11-9-30)25-44-27-39(49)47-18-20-48(21-19-47)40(50)52-41(3,4)5/h6-17,23,29,34,44-46H,18-22,25-27H2,1-5H3/t29-,34-/m1/s1. The topological polar surface area (TPSA) is 123 Å². The third kappa shape index (κ3) is 11.1. The van der Waals surface area contributed by atoms with Gasteiger partial charge in [0.2, 0.25) is 5.91 Å². The summed E-state index contributed by atoms with van der Waals surface area (Å²) in [6.07, 6.45) is 0.266. The van der Waals surface area contributed by atoms with Crippen molar-refractivity contribution in [1.82, 2.24) is 20.4 Å². The fourth-order valence-electron chi connectivity index (χ4n) is 5.97. The molecular weight excluding hydrogens is 676 g/mol. The highest BCUT2D eigenvalue weighted by Crippen LogP contribution is 2.31. The SMILES string of the molecule is Cc1ccc([C@@H](C)NCc2ccc(-c3ccc(Cl)c(N[C@@H](CNCC(=O)N4CCN(C(=O)OC(C)(C)C)CC4)Cc4ccc(C#N)cc4)c3)o2)cc1. The molecular formula is C41H49ClN6O4. The van der Waals surface area contributed by atoms with E-state index in [9.17, 15) is 14.9 Å². The van der Waals surface area contributed by atoms with Crippen molar-refractivity contribution in [2.24, 2.45) is 0 Å². The van der Waals surface area contributed by atoms with Crippen LogP contribution in [-0.4, -0.2) is 72.7 Å². The molecule has 4 aromatic rings. The number of hydrogen-bond donors (Lipinski definition) is 3. The number of halogens is 1. The molecule has 1 aromatic heterocycles. The molecule has 2 atom stereocenters. The number of nitrogens with zero attached hydrogens (tertiary/aromatic N) is 3. The van der Waals surface area contributed by atoms with Gasteiger partial charge in [-0.3, -0.25) is 4.79 Å². The molecule has 5 rings (SSSR count). The zero-order chi connectivity index (χ0) is 37.3. The van der Waals surface area contributed by atoms with Crippen LogP contribution in [0.2, 0.25) is 5.02 Å². The molecule has 2 heterocycles. The van der Waals surface area contributed by atoms with Gasteiger partial charge in [-0.1, -0.05) is 53.6 Å². The minimum atomic E-state index is -0.567. The van der Waals surface area contributed by atoms with Gasteiger partial charge in [0, 0.05) is 50.4 Å². The van der Waals surface area contributed by atoms with E-state index in [1.165, 1.54) is 11.1 Å². The first-order valence-electron chi connectivity index (χ1n) is 17.8. The zero-order valence-corrected chi connectivity index (χ0v) is 31.4. The van der Waals surface area contributed by atoms with Gasteiger partial charge in [-0.15, -0.1) is 0 Å². The minimum absolute atomic E-state index is 0.0302. The molecule has 3 N–H and O–H groups in total. The van der Waals surface area contributed by atoms with Crippen molar-refractivity contribution in [3.63, 3.8) is 0 Å².